The Labute approximate surface area is 107 Å². The molecule has 2 rings (SSSR count). The van der Waals surface area contributed by atoms with Crippen LogP contribution >= 0.6 is 0 Å². The summed E-state index contributed by atoms with van der Waals surface area (Å²) >= 11 is 0. The molecule has 0 aliphatic carbocycles. The number of nitrogens with one attached hydrogen (secondary N) is 2. The Kier molecular flexibility index (Phi) is 4.73. The molecule has 1 saturated heterocycles. The van der Waals surface area contributed by atoms with Crippen molar-refractivity contribution in [1.29, 1.82) is 0 Å². The van der Waals surface area contributed by atoms with Gasteiger partial charge < -0.3 is 15.7 Å². The number of carbonyl (C=O) groups is 1. The van der Waals surface area contributed by atoms with Gasteiger partial charge >= 0.3 is 0 Å². The largest absolute Gasteiger partial charge is 0.387 e. The second-order valence-corrected chi connectivity index (χ2v) is 4.73. The number of aliphatic hydroxyl groups excluding tert-OH is 1. The van der Waals surface area contributed by atoms with Crippen LogP contribution in [0.2, 0.25) is 0 Å². The maximum Gasteiger partial charge on any atom is 0.221 e. The maximum absolute atomic E-state index is 11.7. The van der Waals surface area contributed by atoms with Crippen LogP contribution in [0.1, 0.15) is 30.9 Å². The van der Waals surface area contributed by atoms with Gasteiger partial charge in [-0.3, -0.25) is 4.79 Å². The fraction of sp³-hybridized carbons (Fsp3) is 0.500. The fourth-order valence-corrected chi connectivity index (χ4v) is 2.23. The zero-order valence-electron chi connectivity index (χ0n) is 10.4. The summed E-state index contributed by atoms with van der Waals surface area (Å²) in [7, 11) is 0. The number of hydrogen-bond acceptors (Lipinski definition) is 3. The van der Waals surface area contributed by atoms with Crippen LogP contribution in [-0.4, -0.2) is 30.1 Å². The molecule has 1 aliphatic rings. The first-order valence-electron chi connectivity index (χ1n) is 6.49. The molecule has 4 nitrogen and oxygen atoms in total. The lowest BCUT2D eigenvalue weighted by molar-refractivity contribution is -0.122. The van der Waals surface area contributed by atoms with E-state index in [9.17, 15) is 9.90 Å². The van der Waals surface area contributed by atoms with E-state index in [0.29, 0.717) is 12.5 Å². The van der Waals surface area contributed by atoms with Gasteiger partial charge in [0.25, 0.3) is 0 Å². The quantitative estimate of drug-likeness (QED) is 0.728. The predicted molar refractivity (Wildman–Crippen MR) is 70.1 cm³/mol. The monoisotopic (exact) mass is 248 g/mol. The number of carbonyl (C=O) groups excluding carboxylic acids is 1. The first-order valence-corrected chi connectivity index (χ1v) is 6.49. The van der Waals surface area contributed by atoms with Gasteiger partial charge in [-0.1, -0.05) is 30.3 Å². The van der Waals surface area contributed by atoms with E-state index in [0.717, 1.165) is 24.9 Å². The van der Waals surface area contributed by atoms with Crippen LogP contribution < -0.4 is 10.6 Å². The minimum absolute atomic E-state index is 0.00406. The SMILES string of the molecule is O=C(CC1CCCN1)NCC(O)c1ccccc1. The van der Waals surface area contributed by atoms with Gasteiger partial charge in [0.15, 0.2) is 0 Å². The summed E-state index contributed by atoms with van der Waals surface area (Å²) in [6, 6.07) is 9.68. The van der Waals surface area contributed by atoms with Gasteiger partial charge in [0.2, 0.25) is 5.91 Å². The van der Waals surface area contributed by atoms with E-state index in [1.165, 1.54) is 0 Å². The van der Waals surface area contributed by atoms with E-state index in [-0.39, 0.29) is 12.5 Å². The minimum atomic E-state index is -0.633. The highest BCUT2D eigenvalue weighted by Gasteiger charge is 2.18. The summed E-state index contributed by atoms with van der Waals surface area (Å²) in [5.74, 6) is 0.00406. The first kappa shape index (κ1) is 13.1. The van der Waals surface area contributed by atoms with Crippen molar-refractivity contribution in [2.24, 2.45) is 0 Å². The lowest BCUT2D eigenvalue weighted by Crippen LogP contribution is -2.34. The Morgan fingerprint density at radius 2 is 2.22 bits per heavy atom. The topological polar surface area (TPSA) is 61.4 Å². The zero-order chi connectivity index (χ0) is 12.8. The van der Waals surface area contributed by atoms with Crippen molar-refractivity contribution in [1.82, 2.24) is 10.6 Å². The van der Waals surface area contributed by atoms with E-state index >= 15 is 0 Å². The molecule has 0 bridgehead atoms. The second-order valence-electron chi connectivity index (χ2n) is 4.73. The van der Waals surface area contributed by atoms with Gasteiger partial charge in [-0.2, -0.15) is 0 Å². The van der Waals surface area contributed by atoms with Crippen molar-refractivity contribution in [2.75, 3.05) is 13.1 Å². The molecular formula is C14H20N2O2. The normalized spacial score (nSPS) is 20.6. The fourth-order valence-electron chi connectivity index (χ4n) is 2.23. The molecule has 2 atom stereocenters. The number of benzene rings is 1. The molecule has 0 aromatic heterocycles. The molecule has 98 valence electrons. The standard InChI is InChI=1S/C14H20N2O2/c17-13(11-5-2-1-3-6-11)10-16-14(18)9-12-7-4-8-15-12/h1-3,5-6,12-13,15,17H,4,7-10H2,(H,16,18). The lowest BCUT2D eigenvalue weighted by atomic mass is 10.1. The summed E-state index contributed by atoms with van der Waals surface area (Å²) in [6.45, 7) is 1.28. The lowest BCUT2D eigenvalue weighted by Gasteiger charge is -2.14. The Hall–Kier alpha value is -1.39. The third-order valence-electron chi connectivity index (χ3n) is 3.27. The van der Waals surface area contributed by atoms with Crippen molar-refractivity contribution in [2.45, 2.75) is 31.4 Å². The molecule has 1 aromatic rings. The van der Waals surface area contributed by atoms with Gasteiger partial charge in [0, 0.05) is 19.0 Å². The van der Waals surface area contributed by atoms with Crippen molar-refractivity contribution in [3.8, 4) is 0 Å². The van der Waals surface area contributed by atoms with Crippen molar-refractivity contribution in [3.05, 3.63) is 35.9 Å². The maximum atomic E-state index is 11.7. The minimum Gasteiger partial charge on any atom is -0.387 e. The first-order chi connectivity index (χ1) is 8.75. The predicted octanol–water partition coefficient (Wildman–Crippen LogP) is 0.978. The molecule has 1 aromatic carbocycles. The van der Waals surface area contributed by atoms with Crippen LogP contribution in [-0.2, 0) is 4.79 Å². The van der Waals surface area contributed by atoms with Crippen LogP contribution in [0.25, 0.3) is 0 Å². The summed E-state index contributed by atoms with van der Waals surface area (Å²) in [5, 5.41) is 16.0. The molecule has 1 heterocycles. The van der Waals surface area contributed by atoms with Gasteiger partial charge in [0.1, 0.15) is 0 Å². The molecule has 0 saturated carbocycles. The van der Waals surface area contributed by atoms with E-state index < -0.39 is 6.10 Å². The number of aliphatic hydroxyl groups is 1. The average Bonchev–Trinajstić information content (AvgIpc) is 2.90. The summed E-state index contributed by atoms with van der Waals surface area (Å²) in [5.41, 5.74) is 0.830. The molecule has 3 N–H and O–H groups in total. The Morgan fingerprint density at radius 3 is 2.89 bits per heavy atom. The van der Waals surface area contributed by atoms with Crippen LogP contribution in [0.15, 0.2) is 30.3 Å². The Bertz CT molecular complexity index is 375. The Morgan fingerprint density at radius 1 is 1.44 bits per heavy atom. The second kappa shape index (κ2) is 6.52. The smallest absolute Gasteiger partial charge is 0.221 e. The third kappa shape index (κ3) is 3.82. The van der Waals surface area contributed by atoms with E-state index in [1.807, 2.05) is 30.3 Å². The highest BCUT2D eigenvalue weighted by Crippen LogP contribution is 2.11. The van der Waals surface area contributed by atoms with Gasteiger partial charge in [0.05, 0.1) is 6.10 Å². The molecular weight excluding hydrogens is 228 g/mol. The molecule has 4 heteroatoms. The summed E-state index contributed by atoms with van der Waals surface area (Å²) in [4.78, 5) is 11.7. The van der Waals surface area contributed by atoms with E-state index in [2.05, 4.69) is 10.6 Å². The average molecular weight is 248 g/mol. The highest BCUT2D eigenvalue weighted by molar-refractivity contribution is 5.76. The van der Waals surface area contributed by atoms with Crippen LogP contribution in [0, 0.1) is 0 Å². The molecule has 0 spiro atoms. The Balaban J connectivity index is 1.72. The van der Waals surface area contributed by atoms with E-state index in [1.54, 1.807) is 0 Å². The molecule has 18 heavy (non-hydrogen) atoms. The van der Waals surface area contributed by atoms with Crippen LogP contribution in [0.3, 0.4) is 0 Å². The third-order valence-corrected chi connectivity index (χ3v) is 3.27. The van der Waals surface area contributed by atoms with Gasteiger partial charge in [-0.15, -0.1) is 0 Å². The summed E-state index contributed by atoms with van der Waals surface area (Å²) < 4.78 is 0. The van der Waals surface area contributed by atoms with Crippen LogP contribution in [0.4, 0.5) is 0 Å². The number of hydrogen-bond donors (Lipinski definition) is 3. The number of rotatable bonds is 5. The summed E-state index contributed by atoms with van der Waals surface area (Å²) in [6.07, 6.45) is 2.08. The van der Waals surface area contributed by atoms with Gasteiger partial charge in [-0.25, -0.2) is 0 Å². The van der Waals surface area contributed by atoms with E-state index in [4.69, 9.17) is 0 Å². The number of amides is 1. The molecule has 2 unspecified atom stereocenters. The van der Waals surface area contributed by atoms with Crippen molar-refractivity contribution >= 4 is 5.91 Å². The van der Waals surface area contributed by atoms with Crippen molar-refractivity contribution < 1.29 is 9.90 Å². The zero-order valence-corrected chi connectivity index (χ0v) is 10.4. The van der Waals surface area contributed by atoms with Gasteiger partial charge in [-0.05, 0) is 24.9 Å². The molecule has 1 aliphatic heterocycles. The molecule has 1 fully saturated rings. The molecule has 1 amide bonds. The van der Waals surface area contributed by atoms with Crippen molar-refractivity contribution in [3.63, 3.8) is 0 Å². The van der Waals surface area contributed by atoms with Crippen LogP contribution in [0.5, 0.6) is 0 Å². The highest BCUT2D eigenvalue weighted by atomic mass is 16.3. The molecule has 0 radical (unpaired) electrons.